The van der Waals surface area contributed by atoms with Crippen molar-refractivity contribution in [3.8, 4) is 0 Å². The van der Waals surface area contributed by atoms with Crippen molar-refractivity contribution >= 4 is 33.8 Å². The van der Waals surface area contributed by atoms with Gasteiger partial charge in [-0.05, 0) is 30.7 Å². The molecule has 0 unspecified atom stereocenters. The third-order valence-corrected chi connectivity index (χ3v) is 4.68. The van der Waals surface area contributed by atoms with Gasteiger partial charge in [-0.2, -0.15) is 0 Å². The molecule has 0 saturated heterocycles. The largest absolute Gasteiger partial charge is 0.346 e. The monoisotopic (exact) mass is 304 g/mol. The molecule has 20 heavy (non-hydrogen) atoms. The average Bonchev–Trinajstić information content (AvgIpc) is 3.00. The van der Waals surface area contributed by atoms with Crippen molar-refractivity contribution in [1.29, 1.82) is 0 Å². The lowest BCUT2D eigenvalue weighted by atomic mass is 10.2. The molecule has 4 heteroatoms. The van der Waals surface area contributed by atoms with Crippen LogP contribution >= 0.6 is 22.9 Å². The number of benzene rings is 1. The SMILES string of the molecule is Cc1cn(CCNCc2ccc(Cl)s2)c2ccccc12. The predicted molar refractivity (Wildman–Crippen MR) is 87.7 cm³/mol. The van der Waals surface area contributed by atoms with Crippen molar-refractivity contribution in [3.05, 3.63) is 57.4 Å². The van der Waals surface area contributed by atoms with E-state index in [-0.39, 0.29) is 0 Å². The number of halogens is 1. The van der Waals surface area contributed by atoms with Crippen LogP contribution in [0.1, 0.15) is 10.4 Å². The normalized spacial score (nSPS) is 11.3. The summed E-state index contributed by atoms with van der Waals surface area (Å²) in [5, 5.41) is 4.81. The average molecular weight is 305 g/mol. The van der Waals surface area contributed by atoms with Gasteiger partial charge in [-0.1, -0.05) is 29.8 Å². The van der Waals surface area contributed by atoms with E-state index in [1.165, 1.54) is 21.3 Å². The van der Waals surface area contributed by atoms with Crippen LogP contribution in [0.5, 0.6) is 0 Å². The molecule has 2 heterocycles. The number of hydrogen-bond donors (Lipinski definition) is 1. The second-order valence-corrected chi connectivity index (χ2v) is 6.70. The van der Waals surface area contributed by atoms with E-state index in [0.717, 1.165) is 24.0 Å². The predicted octanol–water partition coefficient (Wildman–Crippen LogP) is 4.45. The highest BCUT2D eigenvalue weighted by molar-refractivity contribution is 7.16. The van der Waals surface area contributed by atoms with E-state index in [2.05, 4.69) is 53.3 Å². The van der Waals surface area contributed by atoms with E-state index in [9.17, 15) is 0 Å². The van der Waals surface area contributed by atoms with Crippen molar-refractivity contribution in [2.45, 2.75) is 20.0 Å². The Kier molecular flexibility index (Phi) is 4.10. The number of para-hydroxylation sites is 1. The number of thiophene rings is 1. The summed E-state index contributed by atoms with van der Waals surface area (Å²) in [5.74, 6) is 0. The smallest absolute Gasteiger partial charge is 0.0931 e. The number of hydrogen-bond acceptors (Lipinski definition) is 2. The van der Waals surface area contributed by atoms with Crippen molar-refractivity contribution < 1.29 is 0 Å². The number of rotatable bonds is 5. The van der Waals surface area contributed by atoms with Crippen LogP contribution < -0.4 is 5.32 Å². The molecule has 3 rings (SSSR count). The summed E-state index contributed by atoms with van der Waals surface area (Å²) < 4.78 is 3.17. The van der Waals surface area contributed by atoms with Gasteiger partial charge in [0, 0.05) is 41.6 Å². The zero-order valence-corrected chi connectivity index (χ0v) is 13.0. The van der Waals surface area contributed by atoms with Gasteiger partial charge in [0.15, 0.2) is 0 Å². The molecule has 0 aliphatic heterocycles. The summed E-state index contributed by atoms with van der Waals surface area (Å²) in [5.41, 5.74) is 2.65. The van der Waals surface area contributed by atoms with Crippen LogP contribution in [0, 0.1) is 6.92 Å². The first-order valence-electron chi connectivity index (χ1n) is 6.73. The summed E-state index contributed by atoms with van der Waals surface area (Å²) in [4.78, 5) is 1.28. The van der Waals surface area contributed by atoms with Crippen molar-refractivity contribution in [2.75, 3.05) is 6.54 Å². The van der Waals surface area contributed by atoms with E-state index in [1.54, 1.807) is 11.3 Å². The molecule has 3 aromatic rings. The van der Waals surface area contributed by atoms with Crippen LogP contribution in [-0.4, -0.2) is 11.1 Å². The van der Waals surface area contributed by atoms with Gasteiger partial charge in [0.1, 0.15) is 0 Å². The Bertz CT molecular complexity index is 714. The zero-order valence-electron chi connectivity index (χ0n) is 11.4. The fraction of sp³-hybridized carbons (Fsp3) is 0.250. The molecule has 0 amide bonds. The highest BCUT2D eigenvalue weighted by Crippen LogP contribution is 2.21. The lowest BCUT2D eigenvalue weighted by molar-refractivity contribution is 0.612. The van der Waals surface area contributed by atoms with Gasteiger partial charge in [-0.3, -0.25) is 0 Å². The van der Waals surface area contributed by atoms with E-state index in [0.29, 0.717) is 0 Å². The second kappa shape index (κ2) is 6.00. The van der Waals surface area contributed by atoms with E-state index in [1.807, 2.05) is 6.07 Å². The molecule has 0 spiro atoms. The maximum absolute atomic E-state index is 5.92. The Hall–Kier alpha value is -1.29. The molecular weight excluding hydrogens is 288 g/mol. The molecule has 0 atom stereocenters. The van der Waals surface area contributed by atoms with Gasteiger partial charge in [-0.25, -0.2) is 0 Å². The number of aryl methyl sites for hydroxylation is 1. The van der Waals surface area contributed by atoms with Crippen LogP contribution in [0.4, 0.5) is 0 Å². The van der Waals surface area contributed by atoms with Gasteiger partial charge in [0.05, 0.1) is 4.34 Å². The minimum Gasteiger partial charge on any atom is -0.346 e. The molecular formula is C16H17ClN2S. The van der Waals surface area contributed by atoms with E-state index < -0.39 is 0 Å². The standard InChI is InChI=1S/C16H17ClN2S/c1-12-11-19(15-5-3-2-4-14(12)15)9-8-18-10-13-6-7-16(17)20-13/h2-7,11,18H,8-10H2,1H3. The second-order valence-electron chi connectivity index (χ2n) is 4.91. The molecule has 0 radical (unpaired) electrons. The minimum absolute atomic E-state index is 0.855. The van der Waals surface area contributed by atoms with Crippen LogP contribution in [0.3, 0.4) is 0 Å². The summed E-state index contributed by atoms with van der Waals surface area (Å²) >= 11 is 7.56. The van der Waals surface area contributed by atoms with Gasteiger partial charge in [0.2, 0.25) is 0 Å². The lowest BCUT2D eigenvalue weighted by Crippen LogP contribution is -2.18. The molecule has 1 N–H and O–H groups in total. The van der Waals surface area contributed by atoms with Crippen LogP contribution in [-0.2, 0) is 13.1 Å². The number of aromatic nitrogens is 1. The van der Waals surface area contributed by atoms with Gasteiger partial charge in [-0.15, -0.1) is 11.3 Å². The van der Waals surface area contributed by atoms with E-state index >= 15 is 0 Å². The molecule has 104 valence electrons. The molecule has 0 saturated carbocycles. The number of nitrogens with zero attached hydrogens (tertiary/aromatic N) is 1. The maximum atomic E-state index is 5.92. The Labute approximate surface area is 128 Å². The fourth-order valence-electron chi connectivity index (χ4n) is 2.47. The minimum atomic E-state index is 0.855. The molecule has 0 bridgehead atoms. The molecule has 1 aromatic carbocycles. The van der Waals surface area contributed by atoms with Crippen molar-refractivity contribution in [2.24, 2.45) is 0 Å². The Balaban J connectivity index is 1.60. The number of fused-ring (bicyclic) bond motifs is 1. The van der Waals surface area contributed by atoms with Crippen LogP contribution in [0.25, 0.3) is 10.9 Å². The Morgan fingerprint density at radius 1 is 1.20 bits per heavy atom. The van der Waals surface area contributed by atoms with E-state index in [4.69, 9.17) is 11.6 Å². The first-order chi connectivity index (χ1) is 9.74. The molecule has 0 aliphatic carbocycles. The molecule has 2 nitrogen and oxygen atoms in total. The summed E-state index contributed by atoms with van der Waals surface area (Å²) in [6.07, 6.45) is 2.23. The maximum Gasteiger partial charge on any atom is 0.0931 e. The van der Waals surface area contributed by atoms with Crippen molar-refractivity contribution in [1.82, 2.24) is 9.88 Å². The first kappa shape index (κ1) is 13.7. The van der Waals surface area contributed by atoms with Crippen LogP contribution in [0.2, 0.25) is 4.34 Å². The Morgan fingerprint density at radius 2 is 2.05 bits per heavy atom. The number of nitrogens with one attached hydrogen (secondary N) is 1. The topological polar surface area (TPSA) is 17.0 Å². The quantitative estimate of drug-likeness (QED) is 0.689. The third-order valence-electron chi connectivity index (χ3n) is 3.45. The summed E-state index contributed by atoms with van der Waals surface area (Å²) in [6.45, 7) is 4.98. The van der Waals surface area contributed by atoms with Gasteiger partial charge in [0.25, 0.3) is 0 Å². The van der Waals surface area contributed by atoms with Gasteiger partial charge < -0.3 is 9.88 Å². The third kappa shape index (κ3) is 2.90. The van der Waals surface area contributed by atoms with Crippen molar-refractivity contribution in [3.63, 3.8) is 0 Å². The first-order valence-corrected chi connectivity index (χ1v) is 7.93. The zero-order chi connectivity index (χ0) is 13.9. The molecule has 2 aromatic heterocycles. The molecule has 0 aliphatic rings. The lowest BCUT2D eigenvalue weighted by Gasteiger charge is -2.06. The fourth-order valence-corrected chi connectivity index (χ4v) is 3.53. The summed E-state index contributed by atoms with van der Waals surface area (Å²) in [6, 6.07) is 12.6. The van der Waals surface area contributed by atoms with Crippen LogP contribution in [0.15, 0.2) is 42.6 Å². The summed E-state index contributed by atoms with van der Waals surface area (Å²) in [7, 11) is 0. The highest BCUT2D eigenvalue weighted by atomic mass is 35.5. The Morgan fingerprint density at radius 3 is 2.85 bits per heavy atom. The highest BCUT2D eigenvalue weighted by Gasteiger charge is 2.04. The van der Waals surface area contributed by atoms with Gasteiger partial charge >= 0.3 is 0 Å². The molecule has 0 fully saturated rings.